The number of nitrogens with one attached hydrogen (secondary N) is 2. The van der Waals surface area contributed by atoms with E-state index in [1.807, 2.05) is 0 Å². The molecule has 0 aliphatic carbocycles. The maximum atomic E-state index is 12.5. The molecule has 0 bridgehead atoms. The van der Waals surface area contributed by atoms with E-state index in [0.29, 0.717) is 22.7 Å². The number of anilines is 1. The molecule has 0 atom stereocenters. The van der Waals surface area contributed by atoms with E-state index < -0.39 is 5.91 Å². The summed E-state index contributed by atoms with van der Waals surface area (Å²) in [5, 5.41) is 13.4. The minimum Gasteiger partial charge on any atom is -0.317 e. The van der Waals surface area contributed by atoms with Crippen molar-refractivity contribution >= 4 is 17.2 Å². The third-order valence-corrected chi connectivity index (χ3v) is 3.45. The molecule has 0 spiro atoms. The summed E-state index contributed by atoms with van der Waals surface area (Å²) < 4.78 is 2.86. The number of hydrogen-bond donors (Lipinski definition) is 2. The molecular formula is C15H11N7O2. The molecule has 0 saturated heterocycles. The molecule has 4 heterocycles. The van der Waals surface area contributed by atoms with Gasteiger partial charge >= 0.3 is 0 Å². The number of nitrogens with zero attached hydrogens (tertiary/aromatic N) is 5. The Morgan fingerprint density at radius 2 is 2.08 bits per heavy atom. The molecule has 2 N–H and O–H groups in total. The quantitative estimate of drug-likeness (QED) is 0.581. The van der Waals surface area contributed by atoms with Crippen LogP contribution in [0.1, 0.15) is 10.4 Å². The highest BCUT2D eigenvalue weighted by molar-refractivity contribution is 6.08. The van der Waals surface area contributed by atoms with E-state index >= 15 is 0 Å². The van der Waals surface area contributed by atoms with Crippen molar-refractivity contribution in [2.24, 2.45) is 0 Å². The van der Waals surface area contributed by atoms with Crippen LogP contribution < -0.4 is 10.9 Å². The third-order valence-electron chi connectivity index (χ3n) is 3.45. The number of fused-ring (bicyclic) bond motifs is 1. The Morgan fingerprint density at radius 3 is 2.96 bits per heavy atom. The van der Waals surface area contributed by atoms with Gasteiger partial charge in [-0.2, -0.15) is 10.2 Å². The molecule has 0 unspecified atom stereocenters. The van der Waals surface area contributed by atoms with Gasteiger partial charge in [0.1, 0.15) is 11.3 Å². The fourth-order valence-corrected chi connectivity index (χ4v) is 2.34. The predicted octanol–water partition coefficient (Wildman–Crippen LogP) is 0.856. The number of pyridine rings is 1. The van der Waals surface area contributed by atoms with Crippen LogP contribution in [0, 0.1) is 0 Å². The first-order valence-corrected chi connectivity index (χ1v) is 7.05. The van der Waals surface area contributed by atoms with E-state index in [1.165, 1.54) is 27.5 Å². The lowest BCUT2D eigenvalue weighted by molar-refractivity contribution is 0.102. The lowest BCUT2D eigenvalue weighted by Crippen LogP contribution is -2.19. The van der Waals surface area contributed by atoms with E-state index in [9.17, 15) is 9.59 Å². The number of carbonyl (C=O) groups is 1. The average molecular weight is 321 g/mol. The van der Waals surface area contributed by atoms with Crippen LogP contribution in [0.4, 0.5) is 5.69 Å². The van der Waals surface area contributed by atoms with E-state index in [1.54, 1.807) is 36.8 Å². The Balaban J connectivity index is 1.70. The van der Waals surface area contributed by atoms with Crippen LogP contribution in [0.15, 0.2) is 60.0 Å². The normalized spacial score (nSPS) is 10.8. The van der Waals surface area contributed by atoms with Crippen LogP contribution in [0.25, 0.3) is 11.5 Å². The van der Waals surface area contributed by atoms with Gasteiger partial charge in [0.2, 0.25) is 0 Å². The second-order valence-corrected chi connectivity index (χ2v) is 4.94. The zero-order valence-corrected chi connectivity index (χ0v) is 12.2. The van der Waals surface area contributed by atoms with Gasteiger partial charge in [-0.1, -0.05) is 6.07 Å². The van der Waals surface area contributed by atoms with Crippen molar-refractivity contribution in [2.75, 3.05) is 5.32 Å². The van der Waals surface area contributed by atoms with Crippen molar-refractivity contribution < 1.29 is 4.79 Å². The van der Waals surface area contributed by atoms with E-state index in [-0.39, 0.29) is 5.56 Å². The maximum absolute atomic E-state index is 12.5. The van der Waals surface area contributed by atoms with Crippen LogP contribution in [-0.2, 0) is 0 Å². The highest BCUT2D eigenvalue weighted by Crippen LogP contribution is 2.17. The maximum Gasteiger partial charge on any atom is 0.261 e. The molecule has 0 aliphatic rings. The highest BCUT2D eigenvalue weighted by atomic mass is 16.2. The van der Waals surface area contributed by atoms with Crippen LogP contribution >= 0.6 is 0 Å². The molecule has 4 aromatic rings. The molecule has 9 heteroatoms. The topological polar surface area (TPSA) is 110 Å². The zero-order chi connectivity index (χ0) is 16.5. The van der Waals surface area contributed by atoms with Gasteiger partial charge < -0.3 is 5.32 Å². The van der Waals surface area contributed by atoms with Gasteiger partial charge in [0.05, 0.1) is 12.4 Å². The first-order chi connectivity index (χ1) is 11.7. The van der Waals surface area contributed by atoms with Gasteiger partial charge in [0.25, 0.3) is 11.5 Å². The van der Waals surface area contributed by atoms with E-state index in [4.69, 9.17) is 0 Å². The van der Waals surface area contributed by atoms with Crippen LogP contribution in [0.3, 0.4) is 0 Å². The highest BCUT2D eigenvalue weighted by Gasteiger charge is 2.17. The SMILES string of the molecule is O=C(Nc1cn[nH]c1-n1ccccc1=O)c1cnn2cccnc12. The van der Waals surface area contributed by atoms with Gasteiger partial charge in [-0.3, -0.25) is 19.3 Å². The Bertz CT molecular complexity index is 1090. The number of aromatic amines is 1. The lowest BCUT2D eigenvalue weighted by Gasteiger charge is -2.06. The molecule has 0 aromatic carbocycles. The number of rotatable bonds is 3. The Kier molecular flexibility index (Phi) is 3.16. The summed E-state index contributed by atoms with van der Waals surface area (Å²) in [6, 6.07) is 6.49. The summed E-state index contributed by atoms with van der Waals surface area (Å²) in [4.78, 5) is 28.6. The van der Waals surface area contributed by atoms with Crippen molar-refractivity contribution in [2.45, 2.75) is 0 Å². The Labute approximate surface area is 134 Å². The van der Waals surface area contributed by atoms with Gasteiger partial charge in [0.15, 0.2) is 11.5 Å². The minimum absolute atomic E-state index is 0.241. The van der Waals surface area contributed by atoms with Crippen LogP contribution in [0.2, 0.25) is 0 Å². The predicted molar refractivity (Wildman–Crippen MR) is 85.1 cm³/mol. The number of amides is 1. The van der Waals surface area contributed by atoms with E-state index in [0.717, 1.165) is 0 Å². The molecule has 118 valence electrons. The van der Waals surface area contributed by atoms with Gasteiger partial charge in [-0.05, 0) is 12.1 Å². The van der Waals surface area contributed by atoms with Crippen molar-refractivity contribution in [1.29, 1.82) is 0 Å². The molecule has 9 nitrogen and oxygen atoms in total. The molecule has 0 aliphatic heterocycles. The molecule has 24 heavy (non-hydrogen) atoms. The molecular weight excluding hydrogens is 310 g/mol. The Morgan fingerprint density at radius 1 is 1.17 bits per heavy atom. The summed E-state index contributed by atoms with van der Waals surface area (Å²) in [6.07, 6.45) is 7.74. The average Bonchev–Trinajstić information content (AvgIpc) is 3.22. The Hall–Kier alpha value is -3.75. The number of carbonyl (C=O) groups excluding carboxylic acids is 1. The molecule has 1 amide bonds. The molecule has 0 saturated carbocycles. The summed E-state index contributed by atoms with van der Waals surface area (Å²) in [5.74, 6) is -0.0197. The number of hydrogen-bond acceptors (Lipinski definition) is 5. The van der Waals surface area contributed by atoms with Crippen molar-refractivity contribution in [3.63, 3.8) is 0 Å². The van der Waals surface area contributed by atoms with Crippen molar-refractivity contribution in [1.82, 2.24) is 29.4 Å². The standard InChI is InChI=1S/C15H11N7O2/c23-12-4-1-2-6-21(12)14-11(9-17-20-14)19-15(24)10-8-18-22-7-3-5-16-13(10)22/h1-9H,(H,17,20)(H,19,24). The second-order valence-electron chi connectivity index (χ2n) is 4.94. The smallest absolute Gasteiger partial charge is 0.261 e. The second kappa shape index (κ2) is 5.47. The summed E-state index contributed by atoms with van der Waals surface area (Å²) in [6.45, 7) is 0. The summed E-state index contributed by atoms with van der Waals surface area (Å²) in [5.41, 5.74) is 0.901. The molecule has 4 aromatic heterocycles. The summed E-state index contributed by atoms with van der Waals surface area (Å²) in [7, 11) is 0. The fraction of sp³-hybridized carbons (Fsp3) is 0. The molecule has 4 rings (SSSR count). The molecule has 0 radical (unpaired) electrons. The van der Waals surface area contributed by atoms with Crippen LogP contribution in [-0.4, -0.2) is 35.3 Å². The zero-order valence-electron chi connectivity index (χ0n) is 12.2. The van der Waals surface area contributed by atoms with E-state index in [2.05, 4.69) is 25.6 Å². The van der Waals surface area contributed by atoms with Crippen molar-refractivity contribution in [3.05, 3.63) is 71.2 Å². The van der Waals surface area contributed by atoms with Crippen molar-refractivity contribution in [3.8, 4) is 5.82 Å². The van der Waals surface area contributed by atoms with Gasteiger partial charge in [-0.15, -0.1) is 0 Å². The van der Waals surface area contributed by atoms with Gasteiger partial charge in [-0.25, -0.2) is 9.50 Å². The fourth-order valence-electron chi connectivity index (χ4n) is 2.34. The molecule has 0 fully saturated rings. The summed E-state index contributed by atoms with van der Waals surface area (Å²) >= 11 is 0. The van der Waals surface area contributed by atoms with Crippen LogP contribution in [0.5, 0.6) is 0 Å². The monoisotopic (exact) mass is 321 g/mol. The third kappa shape index (κ3) is 2.24. The first-order valence-electron chi connectivity index (χ1n) is 7.05. The first kappa shape index (κ1) is 13.9. The van der Waals surface area contributed by atoms with Gasteiger partial charge in [0, 0.05) is 24.7 Å². The largest absolute Gasteiger partial charge is 0.317 e. The minimum atomic E-state index is -0.393. The number of aromatic nitrogens is 6. The lowest BCUT2D eigenvalue weighted by atomic mass is 10.3. The number of H-pyrrole nitrogens is 1.